The largest absolute Gasteiger partial charge is 0.498 e. The molecule has 0 saturated carbocycles. The summed E-state index contributed by atoms with van der Waals surface area (Å²) in [5.74, 6) is 0.842. The second-order valence-electron chi connectivity index (χ2n) is 4.60. The van der Waals surface area contributed by atoms with Crippen LogP contribution in [-0.2, 0) is 11.2 Å². The van der Waals surface area contributed by atoms with E-state index in [9.17, 15) is 0 Å². The maximum atomic E-state index is 5.57. The Balaban J connectivity index is 1.97. The fraction of sp³-hybridized carbons (Fsp3) is 0.158. The molecular weight excluding hydrogens is 260 g/mol. The topological polar surface area (TPSA) is 18.5 Å². The van der Waals surface area contributed by atoms with Gasteiger partial charge in [0.25, 0.3) is 0 Å². The molecule has 0 aliphatic carbocycles. The smallest absolute Gasteiger partial charge is 0.122 e. The number of rotatable bonds is 8. The van der Waals surface area contributed by atoms with Crippen LogP contribution in [0.3, 0.4) is 0 Å². The lowest BCUT2D eigenvalue weighted by Crippen LogP contribution is -2.03. The van der Waals surface area contributed by atoms with Gasteiger partial charge in [-0.2, -0.15) is 0 Å². The van der Waals surface area contributed by atoms with Gasteiger partial charge in [-0.15, -0.1) is 6.58 Å². The summed E-state index contributed by atoms with van der Waals surface area (Å²) in [6.45, 7) is 8.26. The van der Waals surface area contributed by atoms with E-state index in [1.165, 1.54) is 23.0 Å². The maximum absolute atomic E-state index is 5.57. The summed E-state index contributed by atoms with van der Waals surface area (Å²) < 4.78 is 10.6. The Labute approximate surface area is 126 Å². The monoisotopic (exact) mass is 280 g/mol. The van der Waals surface area contributed by atoms with Crippen LogP contribution in [0.5, 0.6) is 5.75 Å². The lowest BCUT2D eigenvalue weighted by molar-refractivity contribution is 0.179. The van der Waals surface area contributed by atoms with Crippen molar-refractivity contribution in [2.75, 3.05) is 13.2 Å². The van der Waals surface area contributed by atoms with Crippen LogP contribution in [0.25, 0.3) is 11.1 Å². The van der Waals surface area contributed by atoms with Crippen LogP contribution in [0.2, 0.25) is 0 Å². The first-order valence-corrected chi connectivity index (χ1v) is 6.99. The fourth-order valence-corrected chi connectivity index (χ4v) is 2.03. The van der Waals surface area contributed by atoms with E-state index in [1.807, 2.05) is 18.2 Å². The van der Waals surface area contributed by atoms with Crippen molar-refractivity contribution >= 4 is 0 Å². The van der Waals surface area contributed by atoms with Gasteiger partial charge in [-0.3, -0.25) is 0 Å². The van der Waals surface area contributed by atoms with E-state index in [0.717, 1.165) is 12.2 Å². The second kappa shape index (κ2) is 7.95. The third-order valence-corrected chi connectivity index (χ3v) is 3.11. The minimum atomic E-state index is 0.510. The van der Waals surface area contributed by atoms with E-state index in [2.05, 4.69) is 49.6 Å². The van der Waals surface area contributed by atoms with E-state index in [1.54, 1.807) is 0 Å². The summed E-state index contributed by atoms with van der Waals surface area (Å²) in [5.41, 5.74) is 3.65. The Morgan fingerprint density at radius 3 is 2.00 bits per heavy atom. The van der Waals surface area contributed by atoms with E-state index in [-0.39, 0.29) is 0 Å². The van der Waals surface area contributed by atoms with Crippen LogP contribution in [0.4, 0.5) is 0 Å². The van der Waals surface area contributed by atoms with Gasteiger partial charge in [-0.05, 0) is 35.2 Å². The minimum Gasteiger partial charge on any atom is -0.498 e. The molecule has 0 N–H and O–H groups in total. The van der Waals surface area contributed by atoms with Gasteiger partial charge in [0, 0.05) is 0 Å². The predicted octanol–water partition coefficient (Wildman–Crippen LogP) is 4.62. The first-order chi connectivity index (χ1) is 10.3. The summed E-state index contributed by atoms with van der Waals surface area (Å²) in [5, 5.41) is 0. The molecule has 2 heteroatoms. The van der Waals surface area contributed by atoms with Crippen molar-refractivity contribution in [3.05, 3.63) is 79.6 Å². The highest BCUT2D eigenvalue weighted by atomic mass is 16.5. The molecule has 0 unspecified atom stereocenters. The Hall–Kier alpha value is -2.48. The molecule has 0 spiro atoms. The molecule has 0 aromatic heterocycles. The van der Waals surface area contributed by atoms with Crippen LogP contribution in [0, 0.1) is 0 Å². The first kappa shape index (κ1) is 14.9. The molecule has 0 amide bonds. The standard InChI is InChI=1S/C19H20O2/c1-3-5-16-6-8-17(9-7-16)18-10-12-19(13-11-18)21-15-14-20-4-2/h3-4,6-13H,1-2,5,14-15H2. The van der Waals surface area contributed by atoms with Crippen molar-refractivity contribution in [2.45, 2.75) is 6.42 Å². The average molecular weight is 280 g/mol. The number of benzene rings is 2. The Kier molecular flexibility index (Phi) is 5.65. The van der Waals surface area contributed by atoms with Gasteiger partial charge in [0.15, 0.2) is 0 Å². The van der Waals surface area contributed by atoms with Crippen LogP contribution in [0.1, 0.15) is 5.56 Å². The molecule has 0 radical (unpaired) electrons. The van der Waals surface area contributed by atoms with Gasteiger partial charge in [0.2, 0.25) is 0 Å². The molecule has 0 saturated heterocycles. The van der Waals surface area contributed by atoms with Gasteiger partial charge in [0.05, 0.1) is 6.26 Å². The summed E-state index contributed by atoms with van der Waals surface area (Å²) in [4.78, 5) is 0. The third kappa shape index (κ3) is 4.53. The lowest BCUT2D eigenvalue weighted by Gasteiger charge is -2.07. The van der Waals surface area contributed by atoms with E-state index in [0.29, 0.717) is 13.2 Å². The van der Waals surface area contributed by atoms with Gasteiger partial charge in [-0.1, -0.05) is 49.1 Å². The van der Waals surface area contributed by atoms with Crippen LogP contribution in [-0.4, -0.2) is 13.2 Å². The molecule has 0 heterocycles. The molecule has 0 atom stereocenters. The van der Waals surface area contributed by atoms with Crippen LogP contribution >= 0.6 is 0 Å². The molecule has 2 nitrogen and oxygen atoms in total. The van der Waals surface area contributed by atoms with Gasteiger partial charge >= 0.3 is 0 Å². The normalized spacial score (nSPS) is 9.90. The maximum Gasteiger partial charge on any atom is 0.122 e. The van der Waals surface area contributed by atoms with Crippen molar-refractivity contribution in [3.63, 3.8) is 0 Å². The fourth-order valence-electron chi connectivity index (χ4n) is 2.03. The number of hydrogen-bond donors (Lipinski definition) is 0. The molecule has 0 aliphatic rings. The van der Waals surface area contributed by atoms with Crippen molar-refractivity contribution in [3.8, 4) is 16.9 Å². The lowest BCUT2D eigenvalue weighted by atomic mass is 10.0. The van der Waals surface area contributed by atoms with Crippen molar-refractivity contribution < 1.29 is 9.47 Å². The Morgan fingerprint density at radius 1 is 0.810 bits per heavy atom. The first-order valence-electron chi connectivity index (χ1n) is 6.99. The highest BCUT2D eigenvalue weighted by molar-refractivity contribution is 5.64. The number of hydrogen-bond acceptors (Lipinski definition) is 2. The zero-order valence-corrected chi connectivity index (χ0v) is 12.1. The van der Waals surface area contributed by atoms with Crippen LogP contribution < -0.4 is 4.74 Å². The molecular formula is C19H20O2. The summed E-state index contributed by atoms with van der Waals surface area (Å²) in [7, 11) is 0. The van der Waals surface area contributed by atoms with Gasteiger partial charge in [-0.25, -0.2) is 0 Å². The third-order valence-electron chi connectivity index (χ3n) is 3.11. The van der Waals surface area contributed by atoms with Crippen molar-refractivity contribution in [1.82, 2.24) is 0 Å². The highest BCUT2D eigenvalue weighted by Gasteiger charge is 1.99. The van der Waals surface area contributed by atoms with E-state index >= 15 is 0 Å². The molecule has 108 valence electrons. The average Bonchev–Trinajstić information content (AvgIpc) is 2.53. The van der Waals surface area contributed by atoms with Gasteiger partial charge < -0.3 is 9.47 Å². The zero-order chi connectivity index (χ0) is 14.9. The van der Waals surface area contributed by atoms with Gasteiger partial charge in [0.1, 0.15) is 19.0 Å². The SMILES string of the molecule is C=CCc1ccc(-c2ccc(OCCOC=C)cc2)cc1. The molecule has 0 fully saturated rings. The number of allylic oxidation sites excluding steroid dienone is 1. The number of ether oxygens (including phenoxy) is 2. The van der Waals surface area contributed by atoms with E-state index < -0.39 is 0 Å². The molecule has 0 aliphatic heterocycles. The zero-order valence-electron chi connectivity index (χ0n) is 12.1. The summed E-state index contributed by atoms with van der Waals surface area (Å²) in [6, 6.07) is 16.6. The highest BCUT2D eigenvalue weighted by Crippen LogP contribution is 2.23. The molecule has 2 rings (SSSR count). The second-order valence-corrected chi connectivity index (χ2v) is 4.60. The quantitative estimate of drug-likeness (QED) is 0.399. The summed E-state index contributed by atoms with van der Waals surface area (Å²) >= 11 is 0. The Bertz CT molecular complexity index is 568. The molecule has 21 heavy (non-hydrogen) atoms. The van der Waals surface area contributed by atoms with Crippen molar-refractivity contribution in [1.29, 1.82) is 0 Å². The predicted molar refractivity (Wildman–Crippen MR) is 87.4 cm³/mol. The summed E-state index contributed by atoms with van der Waals surface area (Å²) in [6.07, 6.45) is 4.24. The minimum absolute atomic E-state index is 0.510. The van der Waals surface area contributed by atoms with E-state index in [4.69, 9.17) is 9.47 Å². The van der Waals surface area contributed by atoms with Crippen molar-refractivity contribution in [2.24, 2.45) is 0 Å². The molecule has 2 aromatic carbocycles. The Morgan fingerprint density at radius 2 is 1.43 bits per heavy atom. The molecule has 2 aromatic rings. The van der Waals surface area contributed by atoms with Crippen LogP contribution in [0.15, 0.2) is 74.0 Å². The molecule has 0 bridgehead atoms.